The van der Waals surface area contributed by atoms with E-state index >= 15 is 0 Å². The highest BCUT2D eigenvalue weighted by Gasteiger charge is 2.17. The van der Waals surface area contributed by atoms with Crippen molar-refractivity contribution in [2.24, 2.45) is 0 Å². The van der Waals surface area contributed by atoms with Crippen LogP contribution in [0.1, 0.15) is 29.6 Å². The Hall–Kier alpha value is -1.69. The van der Waals surface area contributed by atoms with E-state index in [0.29, 0.717) is 6.42 Å². The van der Waals surface area contributed by atoms with Crippen LogP contribution < -0.4 is 5.73 Å². The van der Waals surface area contributed by atoms with Crippen LogP contribution in [0.2, 0.25) is 0 Å². The van der Waals surface area contributed by atoms with E-state index < -0.39 is 23.2 Å². The number of nitrogens with zero attached hydrogens (tertiary/aromatic N) is 1. The van der Waals surface area contributed by atoms with E-state index in [9.17, 15) is 13.6 Å². The van der Waals surface area contributed by atoms with Gasteiger partial charge < -0.3 is 15.4 Å². The molecule has 0 aliphatic carbocycles. The molecule has 110 valence electrons. The van der Waals surface area contributed by atoms with Crippen LogP contribution in [0, 0.1) is 11.6 Å². The number of nitrogens with two attached hydrogens (primary N) is 1. The van der Waals surface area contributed by atoms with Crippen molar-refractivity contribution < 1.29 is 18.3 Å². The molecule has 1 aliphatic heterocycles. The zero-order valence-corrected chi connectivity index (χ0v) is 11.2. The SMILES string of the molecule is Nc1cc(F)c(C(=O)OCCCN2CCCC2)cc1F. The molecule has 2 N–H and O–H groups in total. The molecule has 4 nitrogen and oxygen atoms in total. The van der Waals surface area contributed by atoms with Gasteiger partial charge in [-0.2, -0.15) is 0 Å². The molecular weight excluding hydrogens is 266 g/mol. The highest BCUT2D eigenvalue weighted by molar-refractivity contribution is 5.90. The fourth-order valence-electron chi connectivity index (χ4n) is 2.26. The molecule has 0 amide bonds. The standard InChI is InChI=1S/C14H18F2N2O2/c15-11-9-13(17)12(16)8-10(11)14(19)20-7-3-6-18-4-1-2-5-18/h8-9H,1-7,17H2. The molecule has 2 rings (SSSR count). The topological polar surface area (TPSA) is 55.6 Å². The summed E-state index contributed by atoms with van der Waals surface area (Å²) in [4.78, 5) is 13.9. The molecule has 0 spiro atoms. The third-order valence-corrected chi connectivity index (χ3v) is 3.36. The highest BCUT2D eigenvalue weighted by Crippen LogP contribution is 2.17. The lowest BCUT2D eigenvalue weighted by Crippen LogP contribution is -2.22. The van der Waals surface area contributed by atoms with Crippen LogP contribution in [0.4, 0.5) is 14.5 Å². The summed E-state index contributed by atoms with van der Waals surface area (Å²) >= 11 is 0. The van der Waals surface area contributed by atoms with Crippen LogP contribution in [-0.4, -0.2) is 37.1 Å². The van der Waals surface area contributed by atoms with E-state index in [-0.39, 0.29) is 12.3 Å². The van der Waals surface area contributed by atoms with E-state index in [1.807, 2.05) is 0 Å². The van der Waals surface area contributed by atoms with Gasteiger partial charge in [-0.1, -0.05) is 0 Å². The smallest absolute Gasteiger partial charge is 0.341 e. The minimum atomic E-state index is -0.867. The summed E-state index contributed by atoms with van der Waals surface area (Å²) in [6.45, 7) is 3.20. The Bertz CT molecular complexity index is 488. The molecular formula is C14H18F2N2O2. The normalized spacial score (nSPS) is 15.5. The molecule has 0 saturated carbocycles. The van der Waals surface area contributed by atoms with Gasteiger partial charge in [0.2, 0.25) is 0 Å². The Labute approximate surface area is 116 Å². The van der Waals surface area contributed by atoms with Crippen molar-refractivity contribution >= 4 is 11.7 Å². The second kappa shape index (κ2) is 6.65. The van der Waals surface area contributed by atoms with Crippen molar-refractivity contribution in [2.45, 2.75) is 19.3 Å². The van der Waals surface area contributed by atoms with E-state index in [0.717, 1.165) is 31.8 Å². The number of nitrogen functional groups attached to an aromatic ring is 1. The first-order valence-corrected chi connectivity index (χ1v) is 6.72. The van der Waals surface area contributed by atoms with Crippen LogP contribution in [0.25, 0.3) is 0 Å². The summed E-state index contributed by atoms with van der Waals surface area (Å²) in [7, 11) is 0. The van der Waals surface area contributed by atoms with Crippen molar-refractivity contribution in [1.29, 1.82) is 0 Å². The molecule has 1 aromatic rings. The number of rotatable bonds is 5. The van der Waals surface area contributed by atoms with Gasteiger partial charge in [0.15, 0.2) is 0 Å². The van der Waals surface area contributed by atoms with Gasteiger partial charge in [-0.3, -0.25) is 0 Å². The lowest BCUT2D eigenvalue weighted by molar-refractivity contribution is 0.0485. The molecule has 1 aromatic carbocycles. The fourth-order valence-corrected chi connectivity index (χ4v) is 2.26. The number of anilines is 1. The lowest BCUT2D eigenvalue weighted by Gasteiger charge is -2.14. The molecule has 0 aromatic heterocycles. The first-order chi connectivity index (χ1) is 9.58. The first kappa shape index (κ1) is 14.7. The summed E-state index contributed by atoms with van der Waals surface area (Å²) in [5, 5.41) is 0. The number of hydrogen-bond donors (Lipinski definition) is 1. The van der Waals surface area contributed by atoms with Gasteiger partial charge in [-0.15, -0.1) is 0 Å². The Kier molecular flexibility index (Phi) is 4.89. The van der Waals surface area contributed by atoms with Gasteiger partial charge in [0.1, 0.15) is 11.6 Å². The molecule has 1 fully saturated rings. The van der Waals surface area contributed by atoms with E-state index in [4.69, 9.17) is 10.5 Å². The number of halogens is 2. The van der Waals surface area contributed by atoms with Crippen molar-refractivity contribution in [2.75, 3.05) is 32.0 Å². The zero-order valence-electron chi connectivity index (χ0n) is 11.2. The summed E-state index contributed by atoms with van der Waals surface area (Å²) in [5.74, 6) is -2.55. The number of ether oxygens (including phenoxy) is 1. The monoisotopic (exact) mass is 284 g/mol. The van der Waals surface area contributed by atoms with Crippen LogP contribution in [0.5, 0.6) is 0 Å². The van der Waals surface area contributed by atoms with Gasteiger partial charge in [0.05, 0.1) is 17.9 Å². The molecule has 0 unspecified atom stereocenters. The average Bonchev–Trinajstić information content (AvgIpc) is 2.92. The zero-order chi connectivity index (χ0) is 14.5. The largest absolute Gasteiger partial charge is 0.462 e. The third-order valence-electron chi connectivity index (χ3n) is 3.36. The second-order valence-electron chi connectivity index (χ2n) is 4.89. The Morgan fingerprint density at radius 3 is 2.65 bits per heavy atom. The second-order valence-corrected chi connectivity index (χ2v) is 4.89. The number of benzene rings is 1. The van der Waals surface area contributed by atoms with Gasteiger partial charge in [0.25, 0.3) is 0 Å². The van der Waals surface area contributed by atoms with E-state index in [1.54, 1.807) is 0 Å². The molecule has 0 radical (unpaired) electrons. The van der Waals surface area contributed by atoms with Gasteiger partial charge in [-0.25, -0.2) is 13.6 Å². The van der Waals surface area contributed by atoms with Crippen LogP contribution >= 0.6 is 0 Å². The summed E-state index contributed by atoms with van der Waals surface area (Å²) in [6, 6.07) is 1.56. The van der Waals surface area contributed by atoms with E-state index in [2.05, 4.69) is 4.90 Å². The summed E-state index contributed by atoms with van der Waals surface area (Å²) < 4.78 is 31.6. The van der Waals surface area contributed by atoms with Crippen molar-refractivity contribution in [3.8, 4) is 0 Å². The Balaban J connectivity index is 1.81. The molecule has 0 bridgehead atoms. The number of esters is 1. The molecule has 0 atom stereocenters. The fraction of sp³-hybridized carbons (Fsp3) is 0.500. The third kappa shape index (κ3) is 3.66. The van der Waals surface area contributed by atoms with Crippen molar-refractivity contribution in [1.82, 2.24) is 4.90 Å². The quantitative estimate of drug-likeness (QED) is 0.511. The van der Waals surface area contributed by atoms with E-state index in [1.165, 1.54) is 12.8 Å². The van der Waals surface area contributed by atoms with Crippen molar-refractivity contribution in [3.05, 3.63) is 29.3 Å². The predicted molar refractivity (Wildman–Crippen MR) is 71.3 cm³/mol. The Morgan fingerprint density at radius 1 is 1.25 bits per heavy atom. The van der Waals surface area contributed by atoms with Gasteiger partial charge in [-0.05, 0) is 38.4 Å². The maximum atomic E-state index is 13.5. The number of carbonyl (C=O) groups is 1. The van der Waals surface area contributed by atoms with Crippen LogP contribution in [0.15, 0.2) is 12.1 Å². The first-order valence-electron chi connectivity index (χ1n) is 6.72. The summed E-state index contributed by atoms with van der Waals surface area (Å²) in [5.41, 5.74) is 4.46. The molecule has 1 saturated heterocycles. The minimum absolute atomic E-state index is 0.195. The lowest BCUT2D eigenvalue weighted by atomic mass is 10.2. The number of likely N-dealkylation sites (tertiary alicyclic amines) is 1. The van der Waals surface area contributed by atoms with Gasteiger partial charge >= 0.3 is 5.97 Å². The van der Waals surface area contributed by atoms with Gasteiger partial charge in [0, 0.05) is 12.6 Å². The predicted octanol–water partition coefficient (Wildman–Crippen LogP) is 2.19. The maximum Gasteiger partial charge on any atom is 0.341 e. The molecule has 6 heteroatoms. The Morgan fingerprint density at radius 2 is 1.95 bits per heavy atom. The van der Waals surface area contributed by atoms with Crippen LogP contribution in [-0.2, 0) is 4.74 Å². The number of carbonyl (C=O) groups excluding carboxylic acids is 1. The highest BCUT2D eigenvalue weighted by atomic mass is 19.1. The maximum absolute atomic E-state index is 13.5. The van der Waals surface area contributed by atoms with Crippen molar-refractivity contribution in [3.63, 3.8) is 0 Å². The minimum Gasteiger partial charge on any atom is -0.462 e. The molecule has 1 heterocycles. The summed E-state index contributed by atoms with van der Waals surface area (Å²) in [6.07, 6.45) is 3.09. The molecule has 1 aliphatic rings. The molecule has 20 heavy (non-hydrogen) atoms. The average molecular weight is 284 g/mol. The number of hydrogen-bond acceptors (Lipinski definition) is 4. The van der Waals surface area contributed by atoms with Crippen LogP contribution in [0.3, 0.4) is 0 Å².